The molecule has 196 valence electrons. The number of aryl methyl sites for hydroxylation is 1. The fourth-order valence-electron chi connectivity index (χ4n) is 3.95. The molecule has 0 spiro atoms. The number of aromatic nitrogens is 1. The Hall–Kier alpha value is -4.68. The lowest BCUT2D eigenvalue weighted by atomic mass is 9.99. The second-order valence-corrected chi connectivity index (χ2v) is 10.0. The number of hydrogen-bond acceptors (Lipinski definition) is 7. The third kappa shape index (κ3) is 6.43. The smallest absolute Gasteiger partial charge is 0.269 e. The summed E-state index contributed by atoms with van der Waals surface area (Å²) < 4.78 is 5.56. The summed E-state index contributed by atoms with van der Waals surface area (Å²) >= 11 is 1.19. The van der Waals surface area contributed by atoms with E-state index < -0.39 is 10.2 Å². The van der Waals surface area contributed by atoms with E-state index in [0.717, 1.165) is 22.4 Å². The van der Waals surface area contributed by atoms with Crippen LogP contribution >= 0.6 is 11.8 Å². The molecule has 9 heteroatoms. The summed E-state index contributed by atoms with van der Waals surface area (Å²) in [7, 11) is 0. The number of carbonyl (C=O) groups excluding carboxylic acids is 1. The minimum Gasteiger partial charge on any atom is -0.494 e. The Morgan fingerprint density at radius 3 is 2.44 bits per heavy atom. The predicted octanol–water partition coefficient (Wildman–Crippen LogP) is 7.02. The van der Waals surface area contributed by atoms with Crippen molar-refractivity contribution in [2.75, 3.05) is 11.9 Å². The van der Waals surface area contributed by atoms with Crippen molar-refractivity contribution in [1.29, 1.82) is 5.26 Å². The van der Waals surface area contributed by atoms with Crippen LogP contribution in [0, 0.1) is 28.4 Å². The van der Waals surface area contributed by atoms with Gasteiger partial charge in [0.15, 0.2) is 0 Å². The highest BCUT2D eigenvalue weighted by molar-refractivity contribution is 8.00. The van der Waals surface area contributed by atoms with Crippen LogP contribution in [0.5, 0.6) is 5.75 Å². The molecule has 3 aromatic carbocycles. The fourth-order valence-corrected chi connectivity index (χ4v) is 4.88. The number of anilines is 1. The van der Waals surface area contributed by atoms with Gasteiger partial charge in [0.1, 0.15) is 16.8 Å². The number of ether oxygens (including phenoxy) is 1. The van der Waals surface area contributed by atoms with Gasteiger partial charge < -0.3 is 10.1 Å². The van der Waals surface area contributed by atoms with Gasteiger partial charge >= 0.3 is 0 Å². The molecule has 0 unspecified atom stereocenters. The van der Waals surface area contributed by atoms with Gasteiger partial charge in [0, 0.05) is 28.9 Å². The van der Waals surface area contributed by atoms with E-state index in [9.17, 15) is 20.2 Å². The minimum atomic E-state index is -0.613. The molecule has 0 bridgehead atoms. The number of rotatable bonds is 9. The molecule has 4 aromatic rings. The van der Waals surface area contributed by atoms with Crippen molar-refractivity contribution >= 4 is 29.0 Å². The van der Waals surface area contributed by atoms with Gasteiger partial charge in [-0.25, -0.2) is 4.98 Å². The first-order valence-corrected chi connectivity index (χ1v) is 13.1. The van der Waals surface area contributed by atoms with Crippen molar-refractivity contribution in [1.82, 2.24) is 4.98 Å². The highest BCUT2D eigenvalue weighted by atomic mass is 32.2. The highest BCUT2D eigenvalue weighted by Crippen LogP contribution is 2.36. The second kappa shape index (κ2) is 12.2. The van der Waals surface area contributed by atoms with Crippen LogP contribution in [0.15, 0.2) is 83.9 Å². The summed E-state index contributed by atoms with van der Waals surface area (Å²) in [5, 5.41) is 23.8. The van der Waals surface area contributed by atoms with Gasteiger partial charge in [0.25, 0.3) is 5.69 Å². The number of nitro groups is 1. The third-order valence-electron chi connectivity index (χ3n) is 5.98. The van der Waals surface area contributed by atoms with E-state index in [-0.39, 0.29) is 11.6 Å². The van der Waals surface area contributed by atoms with Gasteiger partial charge in [-0.2, -0.15) is 5.26 Å². The van der Waals surface area contributed by atoms with E-state index in [0.29, 0.717) is 34.1 Å². The molecule has 1 amide bonds. The standard InChI is InChI=1S/C30H26N4O4S/c1-4-38-24-13-10-22(11-14-24)28-17-25(21-8-6-5-7-9-21)26(18-31)30(33-28)39-20(3)29(35)32-27-15-12-23(34(36)37)16-19(27)2/h5-17,20H,4H2,1-3H3,(H,32,35)/t20-/m1/s1. The number of nitrogens with one attached hydrogen (secondary N) is 1. The lowest BCUT2D eigenvalue weighted by molar-refractivity contribution is -0.384. The largest absolute Gasteiger partial charge is 0.494 e. The van der Waals surface area contributed by atoms with Gasteiger partial charge in [-0.1, -0.05) is 42.1 Å². The number of nitro benzene ring substituents is 1. The molecule has 0 radical (unpaired) electrons. The van der Waals surface area contributed by atoms with Crippen molar-refractivity contribution in [3.05, 3.63) is 100 Å². The first-order chi connectivity index (χ1) is 18.8. The van der Waals surface area contributed by atoms with E-state index in [2.05, 4.69) is 11.4 Å². The number of amides is 1. The van der Waals surface area contributed by atoms with Crippen LogP contribution in [-0.4, -0.2) is 27.7 Å². The molecule has 4 rings (SSSR count). The Kier molecular flexibility index (Phi) is 8.59. The quantitative estimate of drug-likeness (QED) is 0.138. The van der Waals surface area contributed by atoms with Crippen LogP contribution in [0.4, 0.5) is 11.4 Å². The molecular formula is C30H26N4O4S. The van der Waals surface area contributed by atoms with Crippen LogP contribution in [0.1, 0.15) is 25.0 Å². The lowest BCUT2D eigenvalue weighted by Gasteiger charge is -2.16. The van der Waals surface area contributed by atoms with E-state index >= 15 is 0 Å². The average Bonchev–Trinajstić information content (AvgIpc) is 2.94. The molecule has 8 nitrogen and oxygen atoms in total. The Balaban J connectivity index is 1.68. The van der Waals surface area contributed by atoms with Crippen LogP contribution in [0.25, 0.3) is 22.4 Å². The number of nitrogens with zero attached hydrogens (tertiary/aromatic N) is 3. The van der Waals surface area contributed by atoms with Gasteiger partial charge in [0.2, 0.25) is 5.91 Å². The van der Waals surface area contributed by atoms with Gasteiger partial charge in [-0.3, -0.25) is 14.9 Å². The van der Waals surface area contributed by atoms with Crippen molar-refractivity contribution in [3.63, 3.8) is 0 Å². The molecule has 0 aliphatic carbocycles. The summed E-state index contributed by atoms with van der Waals surface area (Å²) in [4.78, 5) is 28.5. The van der Waals surface area contributed by atoms with E-state index in [1.165, 1.54) is 30.0 Å². The van der Waals surface area contributed by atoms with Crippen LogP contribution < -0.4 is 10.1 Å². The molecule has 1 heterocycles. The molecule has 1 atom stereocenters. The summed E-state index contributed by atoms with van der Waals surface area (Å²) in [6.07, 6.45) is 0. The number of pyridine rings is 1. The maximum atomic E-state index is 13.1. The minimum absolute atomic E-state index is 0.0460. The zero-order chi connectivity index (χ0) is 27.9. The van der Waals surface area contributed by atoms with Crippen LogP contribution in [0.3, 0.4) is 0 Å². The fraction of sp³-hybridized carbons (Fsp3) is 0.167. The van der Waals surface area contributed by atoms with E-state index in [1.54, 1.807) is 13.8 Å². The number of thioether (sulfide) groups is 1. The Bertz CT molecular complexity index is 1550. The lowest BCUT2D eigenvalue weighted by Crippen LogP contribution is -2.23. The first kappa shape index (κ1) is 27.4. The summed E-state index contributed by atoms with van der Waals surface area (Å²) in [5.74, 6) is 0.440. The molecule has 1 aromatic heterocycles. The zero-order valence-corrected chi connectivity index (χ0v) is 22.5. The summed E-state index contributed by atoms with van der Waals surface area (Å²) in [6, 6.07) is 25.6. The van der Waals surface area contributed by atoms with Crippen LogP contribution in [0.2, 0.25) is 0 Å². The second-order valence-electron chi connectivity index (χ2n) is 8.68. The number of carbonyl (C=O) groups is 1. The summed E-state index contributed by atoms with van der Waals surface area (Å²) in [6.45, 7) is 5.91. The molecular weight excluding hydrogens is 512 g/mol. The monoisotopic (exact) mass is 538 g/mol. The van der Waals surface area contributed by atoms with Gasteiger partial charge in [0.05, 0.1) is 28.0 Å². The Morgan fingerprint density at radius 1 is 1.10 bits per heavy atom. The first-order valence-electron chi connectivity index (χ1n) is 12.3. The normalized spacial score (nSPS) is 11.3. The summed E-state index contributed by atoms with van der Waals surface area (Å²) in [5.41, 5.74) is 4.50. The van der Waals surface area contributed by atoms with Crippen molar-refractivity contribution < 1.29 is 14.5 Å². The Labute approximate surface area is 230 Å². The zero-order valence-electron chi connectivity index (χ0n) is 21.7. The number of non-ortho nitro benzene ring substituents is 1. The molecule has 0 saturated carbocycles. The van der Waals surface area contributed by atoms with Crippen molar-refractivity contribution in [3.8, 4) is 34.2 Å². The highest BCUT2D eigenvalue weighted by Gasteiger charge is 2.22. The van der Waals surface area contributed by atoms with E-state index in [4.69, 9.17) is 9.72 Å². The number of hydrogen-bond donors (Lipinski definition) is 1. The predicted molar refractivity (Wildman–Crippen MR) is 153 cm³/mol. The van der Waals surface area contributed by atoms with E-state index in [1.807, 2.05) is 67.6 Å². The molecule has 1 N–H and O–H groups in total. The maximum Gasteiger partial charge on any atom is 0.269 e. The number of nitriles is 1. The van der Waals surface area contributed by atoms with Gasteiger partial charge in [-0.05, 0) is 68.3 Å². The maximum absolute atomic E-state index is 13.1. The molecule has 39 heavy (non-hydrogen) atoms. The van der Waals surface area contributed by atoms with Crippen molar-refractivity contribution in [2.45, 2.75) is 31.0 Å². The Morgan fingerprint density at radius 2 is 1.82 bits per heavy atom. The number of benzene rings is 3. The van der Waals surface area contributed by atoms with Gasteiger partial charge in [-0.15, -0.1) is 0 Å². The molecule has 0 fully saturated rings. The average molecular weight is 539 g/mol. The van der Waals surface area contributed by atoms with Crippen LogP contribution in [-0.2, 0) is 4.79 Å². The molecule has 0 saturated heterocycles. The van der Waals surface area contributed by atoms with Crippen molar-refractivity contribution in [2.24, 2.45) is 0 Å². The topological polar surface area (TPSA) is 118 Å². The third-order valence-corrected chi connectivity index (χ3v) is 7.07. The molecule has 0 aliphatic heterocycles. The molecule has 0 aliphatic rings. The SMILES string of the molecule is CCOc1ccc(-c2cc(-c3ccccc3)c(C#N)c(S[C@H](C)C(=O)Nc3ccc([N+](=O)[O-])cc3C)n2)cc1.